The molecule has 1 fully saturated rings. The number of benzene rings is 1. The molecule has 1 unspecified atom stereocenters. The summed E-state index contributed by atoms with van der Waals surface area (Å²) in [7, 11) is 0. The molecule has 96 valence electrons. The van der Waals surface area contributed by atoms with Crippen molar-refractivity contribution >= 4 is 11.8 Å². The molecule has 18 heavy (non-hydrogen) atoms. The first kappa shape index (κ1) is 12.6. The molecule has 1 saturated heterocycles. The molecule has 2 amide bonds. The van der Waals surface area contributed by atoms with Crippen LogP contribution < -0.4 is 11.1 Å². The highest BCUT2D eigenvalue weighted by molar-refractivity contribution is 5.88. The summed E-state index contributed by atoms with van der Waals surface area (Å²) in [5, 5.41) is 2.73. The molecule has 0 aromatic heterocycles. The van der Waals surface area contributed by atoms with Crippen molar-refractivity contribution in [1.29, 1.82) is 0 Å². The zero-order valence-corrected chi connectivity index (χ0v) is 10.1. The summed E-state index contributed by atoms with van der Waals surface area (Å²) in [5.41, 5.74) is 6.71. The number of nitrogens with zero attached hydrogens (tertiary/aromatic N) is 1. The predicted molar refractivity (Wildman–Crippen MR) is 67.6 cm³/mol. The molecule has 0 aliphatic carbocycles. The summed E-state index contributed by atoms with van der Waals surface area (Å²) in [6, 6.07) is 8.51. The standard InChI is InChI=1S/C13H17N3O2/c14-12(10-5-2-1-3-6-10)13(18)16-8-4-7-15-11(17)9-16/h1-3,5-6,12H,4,7-9,14H2,(H,15,17). The smallest absolute Gasteiger partial charge is 0.244 e. The average Bonchev–Trinajstić information content (AvgIpc) is 2.63. The number of nitrogens with two attached hydrogens (primary N) is 1. The van der Waals surface area contributed by atoms with E-state index in [0.29, 0.717) is 13.1 Å². The zero-order valence-electron chi connectivity index (χ0n) is 10.1. The summed E-state index contributed by atoms with van der Waals surface area (Å²) < 4.78 is 0. The van der Waals surface area contributed by atoms with Gasteiger partial charge in [0.05, 0.1) is 6.54 Å². The maximum Gasteiger partial charge on any atom is 0.244 e. The van der Waals surface area contributed by atoms with E-state index in [1.807, 2.05) is 30.3 Å². The lowest BCUT2D eigenvalue weighted by molar-refractivity contribution is -0.136. The van der Waals surface area contributed by atoms with Crippen molar-refractivity contribution in [2.24, 2.45) is 5.73 Å². The van der Waals surface area contributed by atoms with Gasteiger partial charge in [0.1, 0.15) is 6.04 Å². The first-order valence-electron chi connectivity index (χ1n) is 6.04. The van der Waals surface area contributed by atoms with Gasteiger partial charge in [-0.15, -0.1) is 0 Å². The third-order valence-corrected chi connectivity index (χ3v) is 3.00. The van der Waals surface area contributed by atoms with Crippen molar-refractivity contribution < 1.29 is 9.59 Å². The Balaban J connectivity index is 2.08. The molecular weight excluding hydrogens is 230 g/mol. The number of amides is 2. The Kier molecular flexibility index (Phi) is 3.94. The second-order valence-corrected chi connectivity index (χ2v) is 4.35. The van der Waals surface area contributed by atoms with Crippen LogP contribution in [0.15, 0.2) is 30.3 Å². The van der Waals surface area contributed by atoms with E-state index in [9.17, 15) is 9.59 Å². The lowest BCUT2D eigenvalue weighted by Crippen LogP contribution is -2.42. The van der Waals surface area contributed by atoms with E-state index in [1.54, 1.807) is 0 Å². The Hall–Kier alpha value is -1.88. The maximum absolute atomic E-state index is 12.2. The van der Waals surface area contributed by atoms with E-state index in [0.717, 1.165) is 12.0 Å². The molecule has 1 aliphatic heterocycles. The average molecular weight is 247 g/mol. The highest BCUT2D eigenvalue weighted by atomic mass is 16.2. The molecule has 1 atom stereocenters. The molecule has 2 rings (SSSR count). The monoisotopic (exact) mass is 247 g/mol. The molecule has 5 nitrogen and oxygen atoms in total. The molecular formula is C13H17N3O2. The van der Waals surface area contributed by atoms with Gasteiger partial charge >= 0.3 is 0 Å². The third-order valence-electron chi connectivity index (χ3n) is 3.00. The van der Waals surface area contributed by atoms with Gasteiger partial charge < -0.3 is 16.0 Å². The van der Waals surface area contributed by atoms with Crippen molar-refractivity contribution in [2.75, 3.05) is 19.6 Å². The number of nitrogens with one attached hydrogen (secondary N) is 1. The Morgan fingerprint density at radius 1 is 1.33 bits per heavy atom. The summed E-state index contributed by atoms with van der Waals surface area (Å²) in [5.74, 6) is -0.320. The molecule has 1 aliphatic rings. The third kappa shape index (κ3) is 2.87. The van der Waals surface area contributed by atoms with Crippen LogP contribution in [0, 0.1) is 0 Å². The fourth-order valence-electron chi connectivity index (χ4n) is 1.99. The van der Waals surface area contributed by atoms with Gasteiger partial charge in [-0.3, -0.25) is 9.59 Å². The summed E-state index contributed by atoms with van der Waals surface area (Å²) in [4.78, 5) is 25.2. The van der Waals surface area contributed by atoms with Crippen molar-refractivity contribution in [3.63, 3.8) is 0 Å². The van der Waals surface area contributed by atoms with Crippen LogP contribution in [0.3, 0.4) is 0 Å². The van der Waals surface area contributed by atoms with Crippen LogP contribution in [0.5, 0.6) is 0 Å². The van der Waals surface area contributed by atoms with Gasteiger partial charge in [0.2, 0.25) is 11.8 Å². The quantitative estimate of drug-likeness (QED) is 0.774. The lowest BCUT2D eigenvalue weighted by atomic mass is 10.1. The van der Waals surface area contributed by atoms with Gasteiger partial charge in [-0.25, -0.2) is 0 Å². The van der Waals surface area contributed by atoms with E-state index in [1.165, 1.54) is 4.90 Å². The number of carbonyl (C=O) groups is 2. The Bertz CT molecular complexity index is 433. The largest absolute Gasteiger partial charge is 0.354 e. The van der Waals surface area contributed by atoms with E-state index >= 15 is 0 Å². The van der Waals surface area contributed by atoms with Crippen LogP contribution in [-0.4, -0.2) is 36.3 Å². The van der Waals surface area contributed by atoms with Gasteiger partial charge in [0, 0.05) is 13.1 Å². The fraction of sp³-hybridized carbons (Fsp3) is 0.385. The van der Waals surface area contributed by atoms with E-state index in [2.05, 4.69) is 5.32 Å². The summed E-state index contributed by atoms with van der Waals surface area (Å²) in [6.07, 6.45) is 0.763. The minimum atomic E-state index is -0.697. The van der Waals surface area contributed by atoms with Crippen LogP contribution in [0.1, 0.15) is 18.0 Å². The number of carbonyl (C=O) groups excluding carboxylic acids is 2. The summed E-state index contributed by atoms with van der Waals surface area (Å²) in [6.45, 7) is 1.28. The lowest BCUT2D eigenvalue weighted by Gasteiger charge is -2.23. The SMILES string of the molecule is NC(C(=O)N1CCCNC(=O)C1)c1ccccc1. The topological polar surface area (TPSA) is 75.4 Å². The first-order valence-corrected chi connectivity index (χ1v) is 6.04. The van der Waals surface area contributed by atoms with Crippen molar-refractivity contribution in [2.45, 2.75) is 12.5 Å². The first-order chi connectivity index (χ1) is 8.68. The van der Waals surface area contributed by atoms with Crippen LogP contribution in [0.25, 0.3) is 0 Å². The molecule has 1 aromatic carbocycles. The second-order valence-electron chi connectivity index (χ2n) is 4.35. The highest BCUT2D eigenvalue weighted by Crippen LogP contribution is 2.13. The van der Waals surface area contributed by atoms with Gasteiger partial charge in [-0.1, -0.05) is 30.3 Å². The second kappa shape index (κ2) is 5.64. The molecule has 1 aromatic rings. The molecule has 0 spiro atoms. The van der Waals surface area contributed by atoms with E-state index < -0.39 is 6.04 Å². The normalized spacial score (nSPS) is 17.8. The molecule has 5 heteroatoms. The van der Waals surface area contributed by atoms with E-state index in [4.69, 9.17) is 5.73 Å². The number of hydrogen-bond donors (Lipinski definition) is 2. The molecule has 3 N–H and O–H groups in total. The maximum atomic E-state index is 12.2. The van der Waals surface area contributed by atoms with Gasteiger partial charge in [-0.05, 0) is 12.0 Å². The van der Waals surface area contributed by atoms with Crippen molar-refractivity contribution in [3.8, 4) is 0 Å². The Morgan fingerprint density at radius 2 is 2.06 bits per heavy atom. The molecule has 0 saturated carbocycles. The van der Waals surface area contributed by atoms with Crippen molar-refractivity contribution in [3.05, 3.63) is 35.9 Å². The van der Waals surface area contributed by atoms with Crippen LogP contribution >= 0.6 is 0 Å². The number of rotatable bonds is 2. The summed E-state index contributed by atoms with van der Waals surface area (Å²) >= 11 is 0. The molecule has 1 heterocycles. The Morgan fingerprint density at radius 3 is 2.78 bits per heavy atom. The molecule has 0 bridgehead atoms. The van der Waals surface area contributed by atoms with Crippen molar-refractivity contribution in [1.82, 2.24) is 10.2 Å². The Labute approximate surface area is 106 Å². The van der Waals surface area contributed by atoms with Gasteiger partial charge in [0.25, 0.3) is 0 Å². The minimum Gasteiger partial charge on any atom is -0.354 e. The van der Waals surface area contributed by atoms with Crippen LogP contribution in [-0.2, 0) is 9.59 Å². The highest BCUT2D eigenvalue weighted by Gasteiger charge is 2.25. The van der Waals surface area contributed by atoms with Gasteiger partial charge in [0.15, 0.2) is 0 Å². The fourth-order valence-corrected chi connectivity index (χ4v) is 1.99. The zero-order chi connectivity index (χ0) is 13.0. The minimum absolute atomic E-state index is 0.0966. The van der Waals surface area contributed by atoms with Gasteiger partial charge in [-0.2, -0.15) is 0 Å². The van der Waals surface area contributed by atoms with Crippen LogP contribution in [0.2, 0.25) is 0 Å². The number of hydrogen-bond acceptors (Lipinski definition) is 3. The van der Waals surface area contributed by atoms with Crippen LogP contribution in [0.4, 0.5) is 0 Å². The van der Waals surface area contributed by atoms with E-state index in [-0.39, 0.29) is 18.4 Å². The predicted octanol–water partition coefficient (Wildman–Crippen LogP) is 0.0349. The molecule has 0 radical (unpaired) electrons.